The van der Waals surface area contributed by atoms with Crippen LogP contribution in [0.3, 0.4) is 0 Å². The molecule has 0 atom stereocenters. The molecule has 1 rings (SSSR count). The molecule has 0 heterocycles. The molecule has 1 aromatic carbocycles. The van der Waals surface area contributed by atoms with Gasteiger partial charge in [-0.25, -0.2) is 8.78 Å². The summed E-state index contributed by atoms with van der Waals surface area (Å²) in [6.07, 6.45) is -7.83. The largest absolute Gasteiger partial charge is 0.417 e. The molecule has 0 aliphatic heterocycles. The fourth-order valence-electron chi connectivity index (χ4n) is 1.63. The number of ketones is 1. The number of alkyl halides is 5. The van der Waals surface area contributed by atoms with E-state index in [1.54, 1.807) is 0 Å². The number of hydrogen-bond acceptors (Lipinski definition) is 1. The zero-order chi connectivity index (χ0) is 13.4. The molecule has 0 bridgehead atoms. The lowest BCUT2D eigenvalue weighted by Crippen LogP contribution is -2.14. The highest BCUT2D eigenvalue weighted by atomic mass is 19.4. The first-order valence-corrected chi connectivity index (χ1v) is 4.65. The van der Waals surface area contributed by atoms with Gasteiger partial charge < -0.3 is 0 Å². The molecule has 0 saturated heterocycles. The fourth-order valence-corrected chi connectivity index (χ4v) is 1.63. The lowest BCUT2D eigenvalue weighted by molar-refractivity contribution is -0.138. The van der Waals surface area contributed by atoms with E-state index in [-0.39, 0.29) is 5.56 Å². The van der Waals surface area contributed by atoms with Crippen LogP contribution in [-0.4, -0.2) is 5.78 Å². The van der Waals surface area contributed by atoms with Gasteiger partial charge in [-0.2, -0.15) is 13.2 Å². The number of Topliss-reactive ketones (excluding diaryl/α,β-unsaturated/α-hetero) is 1. The van der Waals surface area contributed by atoms with Gasteiger partial charge in [0.2, 0.25) is 0 Å². The molecule has 0 spiro atoms. The first-order chi connectivity index (χ1) is 7.64. The van der Waals surface area contributed by atoms with E-state index in [9.17, 15) is 26.7 Å². The summed E-state index contributed by atoms with van der Waals surface area (Å²) in [6.45, 7) is 2.18. The van der Waals surface area contributed by atoms with E-state index >= 15 is 0 Å². The SMILES string of the molecule is CC(=O)c1c(C)cc(C(F)F)cc1C(F)(F)F. The number of halogens is 5. The number of carbonyl (C=O) groups is 1. The molecule has 1 aromatic rings. The Hall–Kier alpha value is -1.46. The molecule has 17 heavy (non-hydrogen) atoms. The van der Waals surface area contributed by atoms with Crippen LogP contribution in [0.5, 0.6) is 0 Å². The van der Waals surface area contributed by atoms with Gasteiger partial charge in [-0.1, -0.05) is 0 Å². The Bertz CT molecular complexity index is 448. The van der Waals surface area contributed by atoms with Gasteiger partial charge in [0.15, 0.2) is 5.78 Å². The molecular weight excluding hydrogens is 243 g/mol. The van der Waals surface area contributed by atoms with Crippen LogP contribution >= 0.6 is 0 Å². The molecule has 0 N–H and O–H groups in total. The van der Waals surface area contributed by atoms with Crippen LogP contribution in [0.2, 0.25) is 0 Å². The highest BCUT2D eigenvalue weighted by molar-refractivity contribution is 5.97. The van der Waals surface area contributed by atoms with E-state index in [0.717, 1.165) is 13.0 Å². The van der Waals surface area contributed by atoms with Gasteiger partial charge in [-0.05, 0) is 31.5 Å². The van der Waals surface area contributed by atoms with Gasteiger partial charge in [0, 0.05) is 11.1 Å². The van der Waals surface area contributed by atoms with Crippen molar-refractivity contribution in [3.05, 3.63) is 34.4 Å². The van der Waals surface area contributed by atoms with E-state index < -0.39 is 35.1 Å². The van der Waals surface area contributed by atoms with Gasteiger partial charge >= 0.3 is 6.18 Å². The van der Waals surface area contributed by atoms with Gasteiger partial charge in [-0.3, -0.25) is 4.79 Å². The van der Waals surface area contributed by atoms with Gasteiger partial charge in [0.05, 0.1) is 5.56 Å². The predicted octanol–water partition coefficient (Wildman–Crippen LogP) is 4.15. The molecule has 0 aliphatic carbocycles. The number of hydrogen-bond donors (Lipinski definition) is 0. The maximum absolute atomic E-state index is 12.6. The Morgan fingerprint density at radius 3 is 2.12 bits per heavy atom. The third-order valence-corrected chi connectivity index (χ3v) is 2.27. The summed E-state index contributed by atoms with van der Waals surface area (Å²) in [5.41, 5.74) is -2.69. The molecule has 0 fully saturated rings. The van der Waals surface area contributed by atoms with Crippen molar-refractivity contribution in [2.24, 2.45) is 0 Å². The molecule has 0 amide bonds. The predicted molar refractivity (Wildman–Crippen MR) is 51.1 cm³/mol. The molecule has 0 radical (unpaired) electrons. The van der Waals surface area contributed by atoms with Crippen molar-refractivity contribution in [2.75, 3.05) is 0 Å². The van der Waals surface area contributed by atoms with Crippen molar-refractivity contribution < 1.29 is 26.7 Å². The van der Waals surface area contributed by atoms with E-state index in [1.807, 2.05) is 0 Å². The Morgan fingerprint density at radius 2 is 1.76 bits per heavy atom. The highest BCUT2D eigenvalue weighted by Crippen LogP contribution is 2.36. The second-order valence-corrected chi connectivity index (χ2v) is 3.62. The summed E-state index contributed by atoms with van der Waals surface area (Å²) in [5.74, 6) is -0.796. The van der Waals surface area contributed by atoms with E-state index in [2.05, 4.69) is 0 Å². The summed E-state index contributed by atoms with van der Waals surface area (Å²) < 4.78 is 62.7. The minimum absolute atomic E-state index is 0.0948. The van der Waals surface area contributed by atoms with Gasteiger partial charge in [0.25, 0.3) is 6.43 Å². The second kappa shape index (κ2) is 4.43. The van der Waals surface area contributed by atoms with Crippen LogP contribution in [0.15, 0.2) is 12.1 Å². The Morgan fingerprint density at radius 1 is 1.24 bits per heavy atom. The van der Waals surface area contributed by atoms with Crippen molar-refractivity contribution in [3.8, 4) is 0 Å². The fraction of sp³-hybridized carbons (Fsp3) is 0.364. The third kappa shape index (κ3) is 2.81. The number of rotatable bonds is 2. The Labute approximate surface area is 94.2 Å². The smallest absolute Gasteiger partial charge is 0.294 e. The van der Waals surface area contributed by atoms with Gasteiger partial charge in [0.1, 0.15) is 0 Å². The van der Waals surface area contributed by atoms with E-state index in [1.165, 1.54) is 6.92 Å². The second-order valence-electron chi connectivity index (χ2n) is 3.62. The van der Waals surface area contributed by atoms with Crippen LogP contribution in [0.1, 0.15) is 40.4 Å². The molecular formula is C11H9F5O. The summed E-state index contributed by atoms with van der Waals surface area (Å²) in [4.78, 5) is 11.1. The zero-order valence-corrected chi connectivity index (χ0v) is 9.03. The van der Waals surface area contributed by atoms with E-state index in [0.29, 0.717) is 6.07 Å². The number of benzene rings is 1. The summed E-state index contributed by atoms with van der Waals surface area (Å²) >= 11 is 0. The molecule has 1 nitrogen and oxygen atoms in total. The standard InChI is InChI=1S/C11H9F5O/c1-5-3-7(10(12)13)4-8(11(14,15)16)9(5)6(2)17/h3-4,10H,1-2H3. The molecule has 0 aliphatic rings. The molecule has 0 saturated carbocycles. The molecule has 0 aromatic heterocycles. The Kier molecular flexibility index (Phi) is 3.54. The Balaban J connectivity index is 3.57. The lowest BCUT2D eigenvalue weighted by Gasteiger charge is -2.15. The van der Waals surface area contributed by atoms with E-state index in [4.69, 9.17) is 0 Å². The highest BCUT2D eigenvalue weighted by Gasteiger charge is 2.36. The average molecular weight is 252 g/mol. The minimum Gasteiger partial charge on any atom is -0.294 e. The minimum atomic E-state index is -4.82. The van der Waals surface area contributed by atoms with Crippen LogP contribution in [0, 0.1) is 6.92 Å². The maximum Gasteiger partial charge on any atom is 0.417 e. The van der Waals surface area contributed by atoms with Crippen LogP contribution < -0.4 is 0 Å². The maximum atomic E-state index is 12.6. The monoisotopic (exact) mass is 252 g/mol. The summed E-state index contributed by atoms with van der Waals surface area (Å²) in [5, 5.41) is 0. The third-order valence-electron chi connectivity index (χ3n) is 2.27. The summed E-state index contributed by atoms with van der Waals surface area (Å²) in [7, 11) is 0. The average Bonchev–Trinajstić information content (AvgIpc) is 2.14. The quantitative estimate of drug-likeness (QED) is 0.570. The van der Waals surface area contributed by atoms with Crippen molar-refractivity contribution in [1.82, 2.24) is 0 Å². The number of carbonyl (C=O) groups excluding carboxylic acids is 1. The van der Waals surface area contributed by atoms with Crippen LogP contribution in [0.4, 0.5) is 22.0 Å². The zero-order valence-electron chi connectivity index (χ0n) is 9.03. The molecule has 94 valence electrons. The van der Waals surface area contributed by atoms with Gasteiger partial charge in [-0.15, -0.1) is 0 Å². The van der Waals surface area contributed by atoms with Crippen molar-refractivity contribution in [2.45, 2.75) is 26.4 Å². The number of aryl methyl sites for hydroxylation is 1. The van der Waals surface area contributed by atoms with Crippen molar-refractivity contribution in [3.63, 3.8) is 0 Å². The lowest BCUT2D eigenvalue weighted by atomic mass is 9.95. The summed E-state index contributed by atoms with van der Waals surface area (Å²) in [6, 6.07) is 1.23. The topological polar surface area (TPSA) is 17.1 Å². The molecule has 6 heteroatoms. The van der Waals surface area contributed by atoms with Crippen LogP contribution in [-0.2, 0) is 6.18 Å². The first-order valence-electron chi connectivity index (χ1n) is 4.65. The molecule has 0 unspecified atom stereocenters. The first kappa shape index (κ1) is 13.6. The van der Waals surface area contributed by atoms with Crippen LogP contribution in [0.25, 0.3) is 0 Å². The normalized spacial score (nSPS) is 12.0. The van der Waals surface area contributed by atoms with Crippen molar-refractivity contribution >= 4 is 5.78 Å². The van der Waals surface area contributed by atoms with Crippen molar-refractivity contribution in [1.29, 1.82) is 0 Å².